The SMILES string of the molecule is CNc1cc(C)ccc1C(=NCCC(C)C)NCC/C=C\C=C/CO. The Hall–Kier alpha value is -2.07. The van der Waals surface area contributed by atoms with Crippen LogP contribution >= 0.6 is 0 Å². The highest BCUT2D eigenvalue weighted by Crippen LogP contribution is 2.17. The Morgan fingerprint density at radius 2 is 2.00 bits per heavy atom. The minimum absolute atomic E-state index is 0.0788. The second kappa shape index (κ2) is 12.3. The van der Waals surface area contributed by atoms with Crippen molar-refractivity contribution in [3.8, 4) is 0 Å². The zero-order valence-corrected chi connectivity index (χ0v) is 16.0. The van der Waals surface area contributed by atoms with Crippen LogP contribution < -0.4 is 10.6 Å². The van der Waals surface area contributed by atoms with Gasteiger partial charge >= 0.3 is 0 Å². The first-order chi connectivity index (χ1) is 12.1. The lowest BCUT2D eigenvalue weighted by molar-refractivity contribution is 0.343. The third-order valence-electron chi connectivity index (χ3n) is 3.77. The number of hydrogen-bond acceptors (Lipinski definition) is 3. The van der Waals surface area contributed by atoms with Gasteiger partial charge in [0, 0.05) is 31.4 Å². The van der Waals surface area contributed by atoms with Crippen molar-refractivity contribution in [3.05, 3.63) is 53.6 Å². The number of nitrogens with zero attached hydrogens (tertiary/aromatic N) is 1. The normalized spacial score (nSPS) is 12.5. The second-order valence-electron chi connectivity index (χ2n) is 6.47. The number of anilines is 1. The number of aliphatic hydroxyl groups excluding tert-OH is 1. The molecule has 0 atom stereocenters. The van der Waals surface area contributed by atoms with Gasteiger partial charge in [-0.1, -0.05) is 44.2 Å². The fourth-order valence-corrected chi connectivity index (χ4v) is 2.33. The lowest BCUT2D eigenvalue weighted by Crippen LogP contribution is -2.26. The summed E-state index contributed by atoms with van der Waals surface area (Å²) in [6.45, 7) is 8.26. The van der Waals surface area contributed by atoms with Gasteiger partial charge in [-0.25, -0.2) is 0 Å². The van der Waals surface area contributed by atoms with Crippen LogP contribution in [0.4, 0.5) is 5.69 Å². The molecule has 0 fully saturated rings. The smallest absolute Gasteiger partial charge is 0.130 e. The number of rotatable bonds is 10. The fraction of sp³-hybridized carbons (Fsp3) is 0.476. The average molecular weight is 344 g/mol. The molecule has 0 unspecified atom stereocenters. The number of hydrogen-bond donors (Lipinski definition) is 3. The predicted octanol–water partition coefficient (Wildman–Crippen LogP) is 3.91. The van der Waals surface area contributed by atoms with Crippen molar-refractivity contribution in [2.24, 2.45) is 10.9 Å². The fourth-order valence-electron chi connectivity index (χ4n) is 2.33. The molecule has 0 amide bonds. The molecule has 4 nitrogen and oxygen atoms in total. The first kappa shape index (κ1) is 21.0. The van der Waals surface area contributed by atoms with E-state index in [4.69, 9.17) is 10.1 Å². The van der Waals surface area contributed by atoms with E-state index in [1.165, 1.54) is 5.56 Å². The van der Waals surface area contributed by atoms with Gasteiger partial charge in [-0.15, -0.1) is 0 Å². The summed E-state index contributed by atoms with van der Waals surface area (Å²) in [5, 5.41) is 15.5. The quantitative estimate of drug-likeness (QED) is 0.261. The van der Waals surface area contributed by atoms with E-state index < -0.39 is 0 Å². The van der Waals surface area contributed by atoms with Crippen LogP contribution in [0.1, 0.15) is 37.8 Å². The van der Waals surface area contributed by atoms with Gasteiger partial charge in [-0.3, -0.25) is 4.99 Å². The van der Waals surface area contributed by atoms with Gasteiger partial charge < -0.3 is 15.7 Å². The molecular formula is C21H33N3O. The van der Waals surface area contributed by atoms with Crippen LogP contribution in [0.25, 0.3) is 0 Å². The number of aryl methyl sites for hydroxylation is 1. The van der Waals surface area contributed by atoms with Crippen LogP contribution in [0.3, 0.4) is 0 Å². The Morgan fingerprint density at radius 1 is 1.24 bits per heavy atom. The summed E-state index contributed by atoms with van der Waals surface area (Å²) in [5.41, 5.74) is 3.44. The summed E-state index contributed by atoms with van der Waals surface area (Å²) >= 11 is 0. The topological polar surface area (TPSA) is 56.7 Å². The number of allylic oxidation sites excluding steroid dienone is 2. The van der Waals surface area contributed by atoms with Crippen LogP contribution in [0.5, 0.6) is 0 Å². The molecule has 0 spiro atoms. The Morgan fingerprint density at radius 3 is 2.68 bits per heavy atom. The maximum atomic E-state index is 8.70. The Balaban J connectivity index is 2.80. The highest BCUT2D eigenvalue weighted by Gasteiger charge is 2.08. The lowest BCUT2D eigenvalue weighted by atomic mass is 10.1. The average Bonchev–Trinajstić information content (AvgIpc) is 2.59. The third kappa shape index (κ3) is 8.54. The molecule has 0 radical (unpaired) electrons. The molecule has 138 valence electrons. The molecule has 0 aliphatic heterocycles. The molecule has 25 heavy (non-hydrogen) atoms. The summed E-state index contributed by atoms with van der Waals surface area (Å²) in [4.78, 5) is 4.81. The molecule has 0 aliphatic rings. The van der Waals surface area contributed by atoms with Crippen LogP contribution in [0, 0.1) is 12.8 Å². The Bertz CT molecular complexity index is 589. The highest BCUT2D eigenvalue weighted by molar-refractivity contribution is 6.03. The summed E-state index contributed by atoms with van der Waals surface area (Å²) < 4.78 is 0. The van der Waals surface area contributed by atoms with E-state index in [1.807, 2.05) is 19.2 Å². The molecule has 0 saturated carbocycles. The van der Waals surface area contributed by atoms with Gasteiger partial charge in [0.2, 0.25) is 0 Å². The maximum Gasteiger partial charge on any atom is 0.130 e. The van der Waals surface area contributed by atoms with Gasteiger partial charge in [0.05, 0.1) is 6.61 Å². The number of aliphatic imine (C=N–C) groups is 1. The summed E-state index contributed by atoms with van der Waals surface area (Å²) in [6, 6.07) is 6.40. The predicted molar refractivity (Wildman–Crippen MR) is 110 cm³/mol. The van der Waals surface area contributed by atoms with Crippen LogP contribution in [0.2, 0.25) is 0 Å². The van der Waals surface area contributed by atoms with E-state index >= 15 is 0 Å². The second-order valence-corrected chi connectivity index (χ2v) is 6.47. The van der Waals surface area contributed by atoms with Crippen molar-refractivity contribution in [3.63, 3.8) is 0 Å². The molecule has 1 aromatic rings. The van der Waals surface area contributed by atoms with Crippen LogP contribution in [0.15, 0.2) is 47.5 Å². The molecule has 0 aliphatic carbocycles. The van der Waals surface area contributed by atoms with Gasteiger partial charge in [0.15, 0.2) is 0 Å². The number of benzene rings is 1. The summed E-state index contributed by atoms with van der Waals surface area (Å²) in [7, 11) is 1.94. The number of nitrogens with one attached hydrogen (secondary N) is 2. The Labute approximate surface area is 152 Å². The van der Waals surface area contributed by atoms with Crippen LogP contribution in [-0.4, -0.2) is 37.7 Å². The van der Waals surface area contributed by atoms with Gasteiger partial charge in [0.1, 0.15) is 5.84 Å². The van der Waals surface area contributed by atoms with E-state index in [-0.39, 0.29) is 6.61 Å². The van der Waals surface area contributed by atoms with E-state index in [2.05, 4.69) is 55.7 Å². The zero-order valence-electron chi connectivity index (χ0n) is 16.0. The standard InChI is InChI=1S/C21H33N3O/c1-17(2)12-14-24-21(23-13-8-6-5-7-9-15-25)19-11-10-18(3)16-20(19)22-4/h5-7,9-11,16-17,22,25H,8,12-15H2,1-4H3,(H,23,24)/b6-5-,9-7-. The minimum atomic E-state index is 0.0788. The molecule has 0 bridgehead atoms. The van der Waals surface area contributed by atoms with E-state index in [9.17, 15) is 0 Å². The maximum absolute atomic E-state index is 8.70. The van der Waals surface area contributed by atoms with Gasteiger partial charge in [0.25, 0.3) is 0 Å². The van der Waals surface area contributed by atoms with E-state index in [1.54, 1.807) is 6.08 Å². The molecule has 3 N–H and O–H groups in total. The molecule has 0 heterocycles. The first-order valence-electron chi connectivity index (χ1n) is 9.08. The molecular weight excluding hydrogens is 310 g/mol. The minimum Gasteiger partial charge on any atom is -0.392 e. The Kier molecular flexibility index (Phi) is 10.3. The number of aliphatic hydroxyl groups is 1. The van der Waals surface area contributed by atoms with Crippen molar-refractivity contribution in [1.29, 1.82) is 0 Å². The molecule has 1 rings (SSSR count). The molecule has 4 heteroatoms. The van der Waals surface area contributed by atoms with Crippen molar-refractivity contribution in [2.45, 2.75) is 33.6 Å². The molecule has 1 aromatic carbocycles. The lowest BCUT2D eigenvalue weighted by Gasteiger charge is -2.15. The molecule has 0 saturated heterocycles. The zero-order chi connectivity index (χ0) is 18.5. The van der Waals surface area contributed by atoms with Gasteiger partial charge in [-0.2, -0.15) is 0 Å². The summed E-state index contributed by atoms with van der Waals surface area (Å²) in [5.74, 6) is 1.59. The monoisotopic (exact) mass is 343 g/mol. The third-order valence-corrected chi connectivity index (χ3v) is 3.77. The van der Waals surface area contributed by atoms with Crippen molar-refractivity contribution in [2.75, 3.05) is 32.1 Å². The van der Waals surface area contributed by atoms with Gasteiger partial charge in [-0.05, 0) is 43.4 Å². The van der Waals surface area contributed by atoms with Crippen LogP contribution in [-0.2, 0) is 0 Å². The van der Waals surface area contributed by atoms with E-state index in [0.29, 0.717) is 5.92 Å². The van der Waals surface area contributed by atoms with Crippen molar-refractivity contribution < 1.29 is 5.11 Å². The molecule has 0 aromatic heterocycles. The number of amidine groups is 1. The van der Waals surface area contributed by atoms with E-state index in [0.717, 1.165) is 43.0 Å². The van der Waals surface area contributed by atoms with Crippen molar-refractivity contribution >= 4 is 11.5 Å². The van der Waals surface area contributed by atoms with Crippen molar-refractivity contribution in [1.82, 2.24) is 5.32 Å². The summed E-state index contributed by atoms with van der Waals surface area (Å²) in [6.07, 6.45) is 9.60. The first-order valence-corrected chi connectivity index (χ1v) is 9.08. The largest absolute Gasteiger partial charge is 0.392 e. The highest BCUT2D eigenvalue weighted by atomic mass is 16.2.